The predicted octanol–water partition coefficient (Wildman–Crippen LogP) is 1.35. The average Bonchev–Trinajstić information content (AvgIpc) is 3.29. The fraction of sp³-hybridized carbons (Fsp3) is 0.591. The molecule has 0 bridgehead atoms. The number of benzene rings is 1. The molecule has 1 aromatic carbocycles. The molecule has 0 radical (unpaired) electrons. The fourth-order valence-electron chi connectivity index (χ4n) is 4.60. The third kappa shape index (κ3) is 4.34. The van der Waals surface area contributed by atoms with Crippen molar-refractivity contribution in [1.29, 1.82) is 0 Å². The number of nitrogens with one attached hydrogen (secondary N) is 2. The van der Waals surface area contributed by atoms with Crippen LogP contribution in [-0.2, 0) is 14.3 Å². The molecule has 2 heterocycles. The lowest BCUT2D eigenvalue weighted by Crippen LogP contribution is -2.47. The van der Waals surface area contributed by atoms with Gasteiger partial charge >= 0.3 is 6.03 Å². The van der Waals surface area contributed by atoms with Crippen molar-refractivity contribution in [3.63, 3.8) is 0 Å². The molecule has 2 N–H and O–H groups in total. The van der Waals surface area contributed by atoms with Crippen molar-refractivity contribution < 1.29 is 19.1 Å². The molecule has 1 spiro atoms. The van der Waals surface area contributed by atoms with Crippen LogP contribution >= 0.6 is 0 Å². The number of amides is 4. The Balaban J connectivity index is 1.43. The summed E-state index contributed by atoms with van der Waals surface area (Å²) in [6.45, 7) is 5.41. The van der Waals surface area contributed by atoms with Gasteiger partial charge in [0.2, 0.25) is 5.91 Å². The third-order valence-electron chi connectivity index (χ3n) is 6.36. The molecule has 1 aliphatic carbocycles. The highest BCUT2D eigenvalue weighted by Gasteiger charge is 2.52. The molecule has 3 fully saturated rings. The van der Waals surface area contributed by atoms with Crippen LogP contribution < -0.4 is 10.6 Å². The van der Waals surface area contributed by atoms with Crippen molar-refractivity contribution in [3.8, 4) is 0 Å². The zero-order chi connectivity index (χ0) is 21.1. The highest BCUT2D eigenvalue weighted by Crippen LogP contribution is 2.34. The van der Waals surface area contributed by atoms with Gasteiger partial charge in [0.15, 0.2) is 0 Å². The standard InChI is InChI=1S/C22H30N4O4/c1-16-4-6-17(7-5-16)18(14-25-10-12-30-13-11-25)23-19(27)15-26-20(28)22(24-21(26)29)8-2-3-9-22/h4-7,18H,2-3,8-15H2,1H3,(H,23,27)(H,24,29). The van der Waals surface area contributed by atoms with Gasteiger partial charge in [0.25, 0.3) is 5.91 Å². The van der Waals surface area contributed by atoms with E-state index in [1.807, 2.05) is 31.2 Å². The van der Waals surface area contributed by atoms with E-state index in [-0.39, 0.29) is 24.4 Å². The summed E-state index contributed by atoms with van der Waals surface area (Å²) in [4.78, 5) is 41.4. The zero-order valence-electron chi connectivity index (χ0n) is 17.5. The molecule has 30 heavy (non-hydrogen) atoms. The number of morpholine rings is 1. The molecule has 4 amide bonds. The molecule has 1 saturated carbocycles. The summed E-state index contributed by atoms with van der Waals surface area (Å²) in [5, 5.41) is 5.88. The Labute approximate surface area is 176 Å². The number of rotatable bonds is 6. The number of ether oxygens (including phenoxy) is 1. The van der Waals surface area contributed by atoms with Gasteiger partial charge in [-0.15, -0.1) is 0 Å². The predicted molar refractivity (Wildman–Crippen MR) is 111 cm³/mol. The maximum absolute atomic E-state index is 12.9. The van der Waals surface area contributed by atoms with Gasteiger partial charge in [-0.1, -0.05) is 42.7 Å². The SMILES string of the molecule is Cc1ccc(C(CN2CCOCC2)NC(=O)CN2C(=O)NC3(CCCC3)C2=O)cc1. The van der Waals surface area contributed by atoms with Crippen LogP contribution in [0.2, 0.25) is 0 Å². The van der Waals surface area contributed by atoms with Crippen molar-refractivity contribution >= 4 is 17.8 Å². The molecular weight excluding hydrogens is 384 g/mol. The quantitative estimate of drug-likeness (QED) is 0.686. The molecular formula is C22H30N4O4. The summed E-state index contributed by atoms with van der Waals surface area (Å²) >= 11 is 0. The van der Waals surface area contributed by atoms with Crippen molar-refractivity contribution in [2.45, 2.75) is 44.2 Å². The fourth-order valence-corrected chi connectivity index (χ4v) is 4.60. The van der Waals surface area contributed by atoms with Crippen LogP contribution in [0.25, 0.3) is 0 Å². The van der Waals surface area contributed by atoms with Crippen LogP contribution in [-0.4, -0.2) is 72.6 Å². The molecule has 1 aromatic rings. The maximum atomic E-state index is 12.9. The number of hydrogen-bond donors (Lipinski definition) is 2. The molecule has 1 unspecified atom stereocenters. The van der Waals surface area contributed by atoms with Gasteiger partial charge in [0.05, 0.1) is 19.3 Å². The van der Waals surface area contributed by atoms with Crippen LogP contribution in [0.1, 0.15) is 42.9 Å². The third-order valence-corrected chi connectivity index (χ3v) is 6.36. The van der Waals surface area contributed by atoms with Crippen LogP contribution in [0.15, 0.2) is 24.3 Å². The monoisotopic (exact) mass is 414 g/mol. The number of carbonyl (C=O) groups is 3. The molecule has 0 aromatic heterocycles. The Morgan fingerprint density at radius 3 is 2.50 bits per heavy atom. The molecule has 2 saturated heterocycles. The van der Waals surface area contributed by atoms with Gasteiger partial charge < -0.3 is 15.4 Å². The highest BCUT2D eigenvalue weighted by atomic mass is 16.5. The van der Waals surface area contributed by atoms with Gasteiger partial charge in [-0.25, -0.2) is 4.79 Å². The van der Waals surface area contributed by atoms with Gasteiger partial charge in [-0.2, -0.15) is 0 Å². The molecule has 8 nitrogen and oxygen atoms in total. The summed E-state index contributed by atoms with van der Waals surface area (Å²) in [5.74, 6) is -0.590. The summed E-state index contributed by atoms with van der Waals surface area (Å²) in [6, 6.07) is 7.39. The van der Waals surface area contributed by atoms with E-state index in [1.165, 1.54) is 0 Å². The Kier molecular flexibility index (Phi) is 6.06. The van der Waals surface area contributed by atoms with E-state index in [1.54, 1.807) is 0 Å². The lowest BCUT2D eigenvalue weighted by atomic mass is 9.98. The van der Waals surface area contributed by atoms with Crippen molar-refractivity contribution in [3.05, 3.63) is 35.4 Å². The Bertz CT molecular complexity index is 798. The molecule has 1 atom stereocenters. The lowest BCUT2D eigenvalue weighted by Gasteiger charge is -2.31. The lowest BCUT2D eigenvalue weighted by molar-refractivity contribution is -0.135. The molecule has 4 rings (SSSR count). The minimum absolute atomic E-state index is 0.225. The molecule has 2 aliphatic heterocycles. The van der Waals surface area contributed by atoms with Crippen LogP contribution in [0.4, 0.5) is 4.79 Å². The van der Waals surface area contributed by atoms with E-state index < -0.39 is 11.6 Å². The summed E-state index contributed by atoms with van der Waals surface area (Å²) in [6.07, 6.45) is 3.14. The van der Waals surface area contributed by atoms with Crippen molar-refractivity contribution in [2.24, 2.45) is 0 Å². The second-order valence-corrected chi connectivity index (χ2v) is 8.55. The minimum Gasteiger partial charge on any atom is -0.379 e. The van der Waals surface area contributed by atoms with Gasteiger partial charge in [0.1, 0.15) is 12.1 Å². The van der Waals surface area contributed by atoms with E-state index in [4.69, 9.17) is 4.74 Å². The van der Waals surface area contributed by atoms with Gasteiger partial charge in [-0.05, 0) is 25.3 Å². The van der Waals surface area contributed by atoms with E-state index in [0.717, 1.165) is 42.0 Å². The van der Waals surface area contributed by atoms with Crippen LogP contribution in [0, 0.1) is 6.92 Å². The molecule has 162 valence electrons. The van der Waals surface area contributed by atoms with E-state index in [0.29, 0.717) is 32.6 Å². The van der Waals surface area contributed by atoms with E-state index in [2.05, 4.69) is 15.5 Å². The Morgan fingerprint density at radius 1 is 1.17 bits per heavy atom. The molecule has 3 aliphatic rings. The smallest absolute Gasteiger partial charge is 0.325 e. The summed E-state index contributed by atoms with van der Waals surface area (Å²) in [5.41, 5.74) is 1.36. The highest BCUT2D eigenvalue weighted by molar-refractivity contribution is 6.09. The maximum Gasteiger partial charge on any atom is 0.325 e. The largest absolute Gasteiger partial charge is 0.379 e. The summed E-state index contributed by atoms with van der Waals surface area (Å²) in [7, 11) is 0. The van der Waals surface area contributed by atoms with Gasteiger partial charge in [0, 0.05) is 19.6 Å². The number of imide groups is 1. The normalized spacial score (nSPS) is 22.4. The first-order valence-electron chi connectivity index (χ1n) is 10.8. The average molecular weight is 415 g/mol. The number of hydrogen-bond acceptors (Lipinski definition) is 5. The second kappa shape index (κ2) is 8.73. The van der Waals surface area contributed by atoms with Crippen molar-refractivity contribution in [2.75, 3.05) is 39.4 Å². The zero-order valence-corrected chi connectivity index (χ0v) is 17.5. The van der Waals surface area contributed by atoms with Crippen LogP contribution in [0.5, 0.6) is 0 Å². The van der Waals surface area contributed by atoms with E-state index >= 15 is 0 Å². The topological polar surface area (TPSA) is 91.0 Å². The Morgan fingerprint density at radius 2 is 1.83 bits per heavy atom. The first-order chi connectivity index (χ1) is 14.5. The number of carbonyl (C=O) groups excluding carboxylic acids is 3. The first kappa shape index (κ1) is 20.8. The number of urea groups is 1. The molecule has 8 heteroatoms. The second-order valence-electron chi connectivity index (χ2n) is 8.55. The minimum atomic E-state index is -0.790. The summed E-state index contributed by atoms with van der Waals surface area (Å²) < 4.78 is 5.42. The number of aryl methyl sites for hydroxylation is 1. The van der Waals surface area contributed by atoms with Crippen molar-refractivity contribution in [1.82, 2.24) is 20.4 Å². The first-order valence-corrected chi connectivity index (χ1v) is 10.8. The van der Waals surface area contributed by atoms with Gasteiger partial charge in [-0.3, -0.25) is 19.4 Å². The number of nitrogens with zero attached hydrogens (tertiary/aromatic N) is 2. The van der Waals surface area contributed by atoms with E-state index in [9.17, 15) is 14.4 Å². The Hall–Kier alpha value is -2.45. The van der Waals surface area contributed by atoms with Crippen LogP contribution in [0.3, 0.4) is 0 Å².